The summed E-state index contributed by atoms with van der Waals surface area (Å²) in [6, 6.07) is 0.137. The zero-order valence-electron chi connectivity index (χ0n) is 10.6. The number of nitrogens with one attached hydrogen (secondary N) is 1. The van der Waals surface area contributed by atoms with Crippen LogP contribution in [0.2, 0.25) is 0 Å². The minimum atomic E-state index is 0.137. The van der Waals surface area contributed by atoms with Crippen molar-refractivity contribution < 1.29 is 5.11 Å². The Hall–Kier alpha value is -1.20. The van der Waals surface area contributed by atoms with Gasteiger partial charge in [-0.2, -0.15) is 0 Å². The van der Waals surface area contributed by atoms with Crippen LogP contribution < -0.4 is 10.2 Å². The maximum atomic E-state index is 9.22. The molecule has 2 heterocycles. The topological polar surface area (TPSA) is 61.3 Å². The fourth-order valence-corrected chi connectivity index (χ4v) is 2.75. The molecule has 5 nitrogen and oxygen atoms in total. The van der Waals surface area contributed by atoms with Gasteiger partial charge in [-0.3, -0.25) is 0 Å². The lowest BCUT2D eigenvalue weighted by Gasteiger charge is -2.33. The summed E-state index contributed by atoms with van der Waals surface area (Å²) in [7, 11) is 0. The van der Waals surface area contributed by atoms with E-state index < -0.39 is 0 Å². The lowest BCUT2D eigenvalue weighted by Crippen LogP contribution is -2.52. The first-order chi connectivity index (χ1) is 8.86. The van der Waals surface area contributed by atoms with Gasteiger partial charge in [0.15, 0.2) is 0 Å². The standard InChI is InChI=1S/C13H20N4O/c18-9-11-8-17(6-5-14-11)13-15-7-10-3-1-2-4-12(10)16-13/h7,11,14,18H,1-6,8-9H2/t11-/m0/s1. The van der Waals surface area contributed by atoms with Crippen LogP contribution in [0.25, 0.3) is 0 Å². The minimum Gasteiger partial charge on any atom is -0.395 e. The summed E-state index contributed by atoms with van der Waals surface area (Å²) in [5.74, 6) is 0.829. The first-order valence-corrected chi connectivity index (χ1v) is 6.81. The number of fused-ring (bicyclic) bond motifs is 1. The zero-order valence-corrected chi connectivity index (χ0v) is 10.6. The van der Waals surface area contributed by atoms with Crippen molar-refractivity contribution in [3.05, 3.63) is 17.5 Å². The molecule has 0 bridgehead atoms. The van der Waals surface area contributed by atoms with Crippen molar-refractivity contribution in [1.82, 2.24) is 15.3 Å². The molecule has 2 aliphatic rings. The predicted octanol–water partition coefficient (Wildman–Crippen LogP) is 0.126. The molecule has 0 saturated carbocycles. The summed E-state index contributed by atoms with van der Waals surface area (Å²) in [6.45, 7) is 2.75. The highest BCUT2D eigenvalue weighted by Gasteiger charge is 2.21. The Morgan fingerprint density at radius 1 is 1.39 bits per heavy atom. The molecular formula is C13H20N4O. The molecule has 1 aromatic rings. The van der Waals surface area contributed by atoms with Crippen molar-refractivity contribution in [2.45, 2.75) is 31.7 Å². The molecular weight excluding hydrogens is 228 g/mol. The maximum Gasteiger partial charge on any atom is 0.225 e. The van der Waals surface area contributed by atoms with E-state index in [2.05, 4.69) is 15.2 Å². The smallest absolute Gasteiger partial charge is 0.225 e. The van der Waals surface area contributed by atoms with E-state index in [1.807, 2.05) is 6.20 Å². The number of aliphatic hydroxyl groups excluding tert-OH is 1. The number of anilines is 1. The van der Waals surface area contributed by atoms with Gasteiger partial charge in [-0.25, -0.2) is 9.97 Å². The molecule has 1 fully saturated rings. The minimum absolute atomic E-state index is 0.137. The molecule has 98 valence electrons. The van der Waals surface area contributed by atoms with E-state index in [9.17, 15) is 5.11 Å². The highest BCUT2D eigenvalue weighted by Crippen LogP contribution is 2.21. The van der Waals surface area contributed by atoms with Gasteiger partial charge in [0.05, 0.1) is 6.61 Å². The Balaban J connectivity index is 1.79. The van der Waals surface area contributed by atoms with Gasteiger partial charge in [-0.05, 0) is 31.2 Å². The molecule has 0 unspecified atom stereocenters. The van der Waals surface area contributed by atoms with Crippen LogP contribution in [-0.2, 0) is 12.8 Å². The molecule has 0 spiro atoms. The largest absolute Gasteiger partial charge is 0.395 e. The first kappa shape index (κ1) is 11.9. The van der Waals surface area contributed by atoms with Crippen LogP contribution in [0.3, 0.4) is 0 Å². The van der Waals surface area contributed by atoms with Gasteiger partial charge in [0, 0.05) is 37.6 Å². The number of aromatic nitrogens is 2. The number of nitrogens with zero attached hydrogens (tertiary/aromatic N) is 3. The summed E-state index contributed by atoms with van der Waals surface area (Å²) >= 11 is 0. The summed E-state index contributed by atoms with van der Waals surface area (Å²) in [5, 5.41) is 12.5. The molecule has 0 radical (unpaired) electrons. The second kappa shape index (κ2) is 5.20. The molecule has 2 N–H and O–H groups in total. The van der Waals surface area contributed by atoms with E-state index in [1.54, 1.807) is 0 Å². The normalized spacial score (nSPS) is 23.8. The second-order valence-electron chi connectivity index (χ2n) is 5.13. The fourth-order valence-electron chi connectivity index (χ4n) is 2.75. The Labute approximate surface area is 107 Å². The molecule has 1 atom stereocenters. The number of rotatable bonds is 2. The third-order valence-corrected chi connectivity index (χ3v) is 3.81. The van der Waals surface area contributed by atoms with Gasteiger partial charge in [-0.1, -0.05) is 0 Å². The summed E-state index contributed by atoms with van der Waals surface area (Å²) in [6.07, 6.45) is 6.70. The molecule has 3 rings (SSSR count). The van der Waals surface area contributed by atoms with Gasteiger partial charge in [0.1, 0.15) is 0 Å². The van der Waals surface area contributed by atoms with Crippen LogP contribution in [0.15, 0.2) is 6.20 Å². The van der Waals surface area contributed by atoms with E-state index in [-0.39, 0.29) is 12.6 Å². The van der Waals surface area contributed by atoms with Gasteiger partial charge in [-0.15, -0.1) is 0 Å². The number of aryl methyl sites for hydroxylation is 2. The van der Waals surface area contributed by atoms with Gasteiger partial charge in [0.25, 0.3) is 0 Å². The van der Waals surface area contributed by atoms with Crippen molar-refractivity contribution >= 4 is 5.95 Å². The van der Waals surface area contributed by atoms with E-state index in [4.69, 9.17) is 4.98 Å². The number of piperazine rings is 1. The first-order valence-electron chi connectivity index (χ1n) is 6.81. The van der Waals surface area contributed by atoms with E-state index in [0.29, 0.717) is 0 Å². The van der Waals surface area contributed by atoms with Crippen LogP contribution >= 0.6 is 0 Å². The third kappa shape index (κ3) is 2.33. The highest BCUT2D eigenvalue weighted by molar-refractivity contribution is 5.35. The van der Waals surface area contributed by atoms with Crippen molar-refractivity contribution in [2.75, 3.05) is 31.1 Å². The molecule has 1 aromatic heterocycles. The Morgan fingerprint density at radius 3 is 3.17 bits per heavy atom. The summed E-state index contributed by atoms with van der Waals surface area (Å²) < 4.78 is 0. The van der Waals surface area contributed by atoms with Gasteiger partial charge >= 0.3 is 0 Å². The van der Waals surface area contributed by atoms with Crippen LogP contribution in [0.4, 0.5) is 5.95 Å². The van der Waals surface area contributed by atoms with E-state index in [0.717, 1.165) is 38.4 Å². The second-order valence-corrected chi connectivity index (χ2v) is 5.13. The zero-order chi connectivity index (χ0) is 12.4. The third-order valence-electron chi connectivity index (χ3n) is 3.81. The van der Waals surface area contributed by atoms with Gasteiger partial charge in [0.2, 0.25) is 5.95 Å². The maximum absolute atomic E-state index is 9.22. The monoisotopic (exact) mass is 248 g/mol. The van der Waals surface area contributed by atoms with Crippen LogP contribution in [0.1, 0.15) is 24.1 Å². The number of hydrogen-bond donors (Lipinski definition) is 2. The molecule has 1 aliphatic carbocycles. The number of aliphatic hydroxyl groups is 1. The Kier molecular flexibility index (Phi) is 3.43. The van der Waals surface area contributed by atoms with Crippen molar-refractivity contribution in [2.24, 2.45) is 0 Å². The molecule has 0 aromatic carbocycles. The Bertz CT molecular complexity index is 423. The predicted molar refractivity (Wildman–Crippen MR) is 69.8 cm³/mol. The van der Waals surface area contributed by atoms with Crippen molar-refractivity contribution in [3.8, 4) is 0 Å². The van der Waals surface area contributed by atoms with Crippen LogP contribution in [0.5, 0.6) is 0 Å². The molecule has 0 amide bonds. The SMILES string of the molecule is OC[C@@H]1CN(c2ncc3c(n2)CCCC3)CCN1. The van der Waals surface area contributed by atoms with Crippen LogP contribution in [-0.4, -0.2) is 47.4 Å². The van der Waals surface area contributed by atoms with Crippen LogP contribution in [0, 0.1) is 0 Å². The molecule has 5 heteroatoms. The fraction of sp³-hybridized carbons (Fsp3) is 0.692. The lowest BCUT2D eigenvalue weighted by atomic mass is 9.98. The molecule has 18 heavy (non-hydrogen) atoms. The summed E-state index contributed by atoms with van der Waals surface area (Å²) in [4.78, 5) is 11.4. The van der Waals surface area contributed by atoms with Crippen molar-refractivity contribution in [3.63, 3.8) is 0 Å². The summed E-state index contributed by atoms with van der Waals surface area (Å²) in [5.41, 5.74) is 2.55. The lowest BCUT2D eigenvalue weighted by molar-refractivity contribution is 0.235. The average molecular weight is 248 g/mol. The molecule has 1 aliphatic heterocycles. The average Bonchev–Trinajstić information content (AvgIpc) is 2.47. The number of hydrogen-bond acceptors (Lipinski definition) is 5. The van der Waals surface area contributed by atoms with E-state index >= 15 is 0 Å². The van der Waals surface area contributed by atoms with Gasteiger partial charge < -0.3 is 15.3 Å². The van der Waals surface area contributed by atoms with Crippen molar-refractivity contribution in [1.29, 1.82) is 0 Å². The quantitative estimate of drug-likeness (QED) is 0.779. The Morgan fingerprint density at radius 2 is 2.28 bits per heavy atom. The van der Waals surface area contributed by atoms with E-state index in [1.165, 1.54) is 24.1 Å². The highest BCUT2D eigenvalue weighted by atomic mass is 16.3. The molecule has 1 saturated heterocycles.